The van der Waals surface area contributed by atoms with Crippen LogP contribution in [0.15, 0.2) is 24.3 Å². The van der Waals surface area contributed by atoms with Crippen molar-refractivity contribution in [1.29, 1.82) is 0 Å². The number of nitrogens with zero attached hydrogens (tertiary/aromatic N) is 1. The van der Waals surface area contributed by atoms with Gasteiger partial charge in [-0.15, -0.1) is 0 Å². The third-order valence-electron chi connectivity index (χ3n) is 4.01. The van der Waals surface area contributed by atoms with Gasteiger partial charge in [-0.3, -0.25) is 0 Å². The molecule has 1 aliphatic carbocycles. The molecule has 0 saturated heterocycles. The topological polar surface area (TPSA) is 15.3 Å². The first-order chi connectivity index (χ1) is 8.83. The molecule has 1 fully saturated rings. The molecule has 0 aliphatic heterocycles. The second-order valence-corrected chi connectivity index (χ2v) is 5.20. The van der Waals surface area contributed by atoms with Gasteiger partial charge in [-0.1, -0.05) is 25.0 Å². The molecule has 1 aromatic rings. The molecule has 0 heterocycles. The average Bonchev–Trinajstić information content (AvgIpc) is 2.92. The van der Waals surface area contributed by atoms with E-state index in [1.165, 1.54) is 36.9 Å². The molecule has 1 aromatic carbocycles. The second-order valence-electron chi connectivity index (χ2n) is 5.20. The van der Waals surface area contributed by atoms with E-state index in [0.717, 1.165) is 25.7 Å². The number of hydrogen-bond donors (Lipinski definition) is 1. The van der Waals surface area contributed by atoms with Crippen LogP contribution in [0.5, 0.6) is 0 Å². The van der Waals surface area contributed by atoms with Crippen molar-refractivity contribution in [1.82, 2.24) is 5.32 Å². The van der Waals surface area contributed by atoms with Crippen LogP contribution in [0.1, 0.15) is 45.1 Å². The Balaban J connectivity index is 1.86. The summed E-state index contributed by atoms with van der Waals surface area (Å²) in [6.07, 6.45) is 5.52. The smallest absolute Gasteiger partial charge is 0.0366 e. The third-order valence-corrected chi connectivity index (χ3v) is 4.01. The predicted octanol–water partition coefficient (Wildman–Crippen LogP) is 3.57. The first kappa shape index (κ1) is 13.4. The van der Waals surface area contributed by atoms with E-state index in [0.29, 0.717) is 0 Å². The molecular formula is C16H26N2. The van der Waals surface area contributed by atoms with Crippen molar-refractivity contribution in [2.24, 2.45) is 0 Å². The van der Waals surface area contributed by atoms with Crippen LogP contribution in [0.3, 0.4) is 0 Å². The van der Waals surface area contributed by atoms with Crippen molar-refractivity contribution >= 4 is 5.69 Å². The molecule has 0 radical (unpaired) electrons. The highest BCUT2D eigenvalue weighted by atomic mass is 15.1. The fourth-order valence-electron chi connectivity index (χ4n) is 2.81. The summed E-state index contributed by atoms with van der Waals surface area (Å²) in [7, 11) is 0. The normalized spacial score (nSPS) is 16.1. The molecule has 1 aliphatic rings. The van der Waals surface area contributed by atoms with Crippen LogP contribution >= 0.6 is 0 Å². The summed E-state index contributed by atoms with van der Waals surface area (Å²) in [5.74, 6) is 0. The molecule has 1 saturated carbocycles. The first-order valence-corrected chi connectivity index (χ1v) is 7.40. The van der Waals surface area contributed by atoms with Crippen molar-refractivity contribution < 1.29 is 0 Å². The highest BCUT2D eigenvalue weighted by Crippen LogP contribution is 2.19. The van der Waals surface area contributed by atoms with E-state index < -0.39 is 0 Å². The molecule has 18 heavy (non-hydrogen) atoms. The van der Waals surface area contributed by atoms with E-state index >= 15 is 0 Å². The van der Waals surface area contributed by atoms with Gasteiger partial charge in [0.1, 0.15) is 0 Å². The minimum Gasteiger partial charge on any atom is -0.372 e. The fraction of sp³-hybridized carbons (Fsp3) is 0.625. The molecule has 0 atom stereocenters. The SMILES string of the molecule is CCN(CC)c1ccc(CNC2CCCC2)cc1. The van der Waals surface area contributed by atoms with Crippen molar-refractivity contribution in [3.8, 4) is 0 Å². The molecule has 0 spiro atoms. The monoisotopic (exact) mass is 246 g/mol. The molecule has 0 bridgehead atoms. The number of rotatable bonds is 6. The van der Waals surface area contributed by atoms with Crippen molar-refractivity contribution in [3.63, 3.8) is 0 Å². The summed E-state index contributed by atoms with van der Waals surface area (Å²) >= 11 is 0. The largest absolute Gasteiger partial charge is 0.372 e. The highest BCUT2D eigenvalue weighted by molar-refractivity contribution is 5.47. The Morgan fingerprint density at radius 1 is 1.06 bits per heavy atom. The number of nitrogens with one attached hydrogen (secondary N) is 1. The maximum Gasteiger partial charge on any atom is 0.0366 e. The van der Waals surface area contributed by atoms with Gasteiger partial charge < -0.3 is 10.2 Å². The number of benzene rings is 1. The fourth-order valence-corrected chi connectivity index (χ4v) is 2.81. The first-order valence-electron chi connectivity index (χ1n) is 7.40. The predicted molar refractivity (Wildman–Crippen MR) is 79.1 cm³/mol. The molecular weight excluding hydrogens is 220 g/mol. The van der Waals surface area contributed by atoms with Crippen LogP contribution < -0.4 is 10.2 Å². The van der Waals surface area contributed by atoms with Gasteiger partial charge in [-0.25, -0.2) is 0 Å². The van der Waals surface area contributed by atoms with E-state index in [1.807, 2.05) is 0 Å². The Morgan fingerprint density at radius 3 is 2.22 bits per heavy atom. The maximum absolute atomic E-state index is 3.66. The molecule has 100 valence electrons. The van der Waals surface area contributed by atoms with E-state index in [1.54, 1.807) is 0 Å². The van der Waals surface area contributed by atoms with Crippen LogP contribution in [0.2, 0.25) is 0 Å². The summed E-state index contributed by atoms with van der Waals surface area (Å²) in [4.78, 5) is 2.38. The molecule has 0 aromatic heterocycles. The van der Waals surface area contributed by atoms with E-state index in [-0.39, 0.29) is 0 Å². The summed E-state index contributed by atoms with van der Waals surface area (Å²) in [6.45, 7) is 7.59. The van der Waals surface area contributed by atoms with Gasteiger partial charge in [0.15, 0.2) is 0 Å². The van der Waals surface area contributed by atoms with Gasteiger partial charge in [-0.2, -0.15) is 0 Å². The van der Waals surface area contributed by atoms with Crippen LogP contribution in [-0.4, -0.2) is 19.1 Å². The number of anilines is 1. The minimum absolute atomic E-state index is 0.757. The number of hydrogen-bond acceptors (Lipinski definition) is 2. The van der Waals surface area contributed by atoms with Crippen LogP contribution in [0.25, 0.3) is 0 Å². The highest BCUT2D eigenvalue weighted by Gasteiger charge is 2.13. The van der Waals surface area contributed by atoms with Crippen LogP contribution in [0, 0.1) is 0 Å². The summed E-state index contributed by atoms with van der Waals surface area (Å²) in [5.41, 5.74) is 2.74. The van der Waals surface area contributed by atoms with E-state index in [4.69, 9.17) is 0 Å². The summed E-state index contributed by atoms with van der Waals surface area (Å²) < 4.78 is 0. The zero-order chi connectivity index (χ0) is 12.8. The lowest BCUT2D eigenvalue weighted by Crippen LogP contribution is -2.25. The van der Waals surface area contributed by atoms with Gasteiger partial charge >= 0.3 is 0 Å². The van der Waals surface area contributed by atoms with Crippen molar-refractivity contribution in [3.05, 3.63) is 29.8 Å². The Morgan fingerprint density at radius 2 is 1.67 bits per heavy atom. The Bertz CT molecular complexity index is 335. The van der Waals surface area contributed by atoms with Gasteiger partial charge in [-0.05, 0) is 44.4 Å². The zero-order valence-corrected chi connectivity index (χ0v) is 11.8. The molecule has 2 nitrogen and oxygen atoms in total. The summed E-state index contributed by atoms with van der Waals surface area (Å²) in [6, 6.07) is 9.77. The van der Waals surface area contributed by atoms with Gasteiger partial charge in [0.05, 0.1) is 0 Å². The average molecular weight is 246 g/mol. The van der Waals surface area contributed by atoms with Crippen LogP contribution in [-0.2, 0) is 6.54 Å². The third kappa shape index (κ3) is 3.49. The molecule has 0 unspecified atom stereocenters. The Kier molecular flexibility index (Phi) is 5.06. The molecule has 0 amide bonds. The van der Waals surface area contributed by atoms with Gasteiger partial charge in [0.2, 0.25) is 0 Å². The standard InChI is InChI=1S/C16H26N2/c1-3-18(4-2)16-11-9-14(10-12-16)13-17-15-7-5-6-8-15/h9-12,15,17H,3-8,13H2,1-2H3. The zero-order valence-electron chi connectivity index (χ0n) is 11.8. The summed E-state index contributed by atoms with van der Waals surface area (Å²) in [5, 5.41) is 3.66. The van der Waals surface area contributed by atoms with E-state index in [2.05, 4.69) is 48.3 Å². The van der Waals surface area contributed by atoms with E-state index in [9.17, 15) is 0 Å². The molecule has 2 heteroatoms. The van der Waals surface area contributed by atoms with Crippen molar-refractivity contribution in [2.75, 3.05) is 18.0 Å². The van der Waals surface area contributed by atoms with Crippen molar-refractivity contribution in [2.45, 2.75) is 52.1 Å². The molecule has 2 rings (SSSR count). The maximum atomic E-state index is 3.66. The Hall–Kier alpha value is -1.02. The minimum atomic E-state index is 0.757. The molecule has 1 N–H and O–H groups in total. The quantitative estimate of drug-likeness (QED) is 0.825. The van der Waals surface area contributed by atoms with Gasteiger partial charge in [0, 0.05) is 31.4 Å². The Labute approximate surface area is 111 Å². The van der Waals surface area contributed by atoms with Gasteiger partial charge in [0.25, 0.3) is 0 Å². The van der Waals surface area contributed by atoms with Crippen LogP contribution in [0.4, 0.5) is 5.69 Å². The lowest BCUT2D eigenvalue weighted by Gasteiger charge is -2.21. The lowest BCUT2D eigenvalue weighted by molar-refractivity contribution is 0.524. The lowest BCUT2D eigenvalue weighted by atomic mass is 10.1. The second kappa shape index (κ2) is 6.79.